The van der Waals surface area contributed by atoms with Crippen molar-refractivity contribution in [3.8, 4) is 5.75 Å². The minimum absolute atomic E-state index is 0.0209. The fourth-order valence-corrected chi connectivity index (χ4v) is 9.60. The first-order valence-electron chi connectivity index (χ1n) is 20.6. The summed E-state index contributed by atoms with van der Waals surface area (Å²) in [7, 11) is 1.52. The predicted molar refractivity (Wildman–Crippen MR) is 227 cm³/mol. The number of methoxy groups -OCH3 is 1. The van der Waals surface area contributed by atoms with Crippen LogP contribution in [0.25, 0.3) is 10.9 Å². The number of piperazine rings is 1. The molecule has 61 heavy (non-hydrogen) atoms. The van der Waals surface area contributed by atoms with Crippen LogP contribution in [0.2, 0.25) is 5.02 Å². The maximum atomic E-state index is 13.7. The summed E-state index contributed by atoms with van der Waals surface area (Å²) in [6.45, 7) is 5.35. The number of imide groups is 2. The van der Waals surface area contributed by atoms with Crippen molar-refractivity contribution in [1.29, 1.82) is 0 Å². The quantitative estimate of drug-likeness (QED) is 0.135. The number of piperidine rings is 4. The largest absolute Gasteiger partial charge is 0.494 e. The van der Waals surface area contributed by atoms with Gasteiger partial charge in [0, 0.05) is 73.6 Å². The number of likely N-dealkylation sites (tertiary alicyclic amines) is 1. The first-order chi connectivity index (χ1) is 29.5. The zero-order chi connectivity index (χ0) is 42.4. The molecule has 17 heteroatoms. The van der Waals surface area contributed by atoms with Gasteiger partial charge in [0.1, 0.15) is 29.8 Å². The van der Waals surface area contributed by atoms with E-state index in [0.29, 0.717) is 69.5 Å². The topological polar surface area (TPSA) is 169 Å². The van der Waals surface area contributed by atoms with Gasteiger partial charge in [0.05, 0.1) is 34.5 Å². The highest BCUT2D eigenvalue weighted by atomic mass is 35.5. The van der Waals surface area contributed by atoms with Crippen molar-refractivity contribution in [2.45, 2.75) is 56.7 Å². The van der Waals surface area contributed by atoms with Crippen molar-refractivity contribution >= 4 is 74.9 Å². The molecule has 5 fully saturated rings. The van der Waals surface area contributed by atoms with Gasteiger partial charge < -0.3 is 20.3 Å². The summed E-state index contributed by atoms with van der Waals surface area (Å²) in [5.74, 6) is -1.34. The summed E-state index contributed by atoms with van der Waals surface area (Å²) in [5, 5.41) is 8.93. The van der Waals surface area contributed by atoms with Gasteiger partial charge in [0.25, 0.3) is 11.8 Å². The van der Waals surface area contributed by atoms with Gasteiger partial charge in [-0.05, 0) is 93.6 Å². The Morgan fingerprint density at radius 3 is 2.51 bits per heavy atom. The van der Waals surface area contributed by atoms with E-state index in [2.05, 4.69) is 40.6 Å². The van der Waals surface area contributed by atoms with Crippen LogP contribution in [-0.2, 0) is 14.4 Å². The molecule has 0 saturated carbocycles. The number of nitrogens with zero attached hydrogens (tertiary/aromatic N) is 6. The number of rotatable bonds is 11. The summed E-state index contributed by atoms with van der Waals surface area (Å²) in [6, 6.07) is 12.9. The Balaban J connectivity index is 0.757. The van der Waals surface area contributed by atoms with Gasteiger partial charge in [-0.2, -0.15) is 0 Å². The molecule has 15 nitrogen and oxygen atoms in total. The molecule has 2 bridgehead atoms. The number of anilines is 4. The predicted octanol–water partition coefficient (Wildman–Crippen LogP) is 5.14. The second-order valence-corrected chi connectivity index (χ2v) is 16.8. The fourth-order valence-electron chi connectivity index (χ4n) is 9.42. The van der Waals surface area contributed by atoms with Crippen LogP contribution < -0.4 is 25.6 Å². The van der Waals surface area contributed by atoms with E-state index < -0.39 is 35.5 Å². The summed E-state index contributed by atoms with van der Waals surface area (Å²) in [6.07, 6.45) is 9.34. The molecule has 4 aromatic rings. The number of ether oxygens (including phenoxy) is 1. The highest BCUT2D eigenvalue weighted by Crippen LogP contribution is 2.38. The Morgan fingerprint density at radius 2 is 1.75 bits per heavy atom. The van der Waals surface area contributed by atoms with E-state index in [1.165, 1.54) is 31.6 Å². The van der Waals surface area contributed by atoms with Crippen molar-refractivity contribution in [2.75, 3.05) is 61.9 Å². The average molecular weight is 850 g/mol. The maximum Gasteiger partial charge on any atom is 0.262 e. The summed E-state index contributed by atoms with van der Waals surface area (Å²) in [5.41, 5.74) is 3.11. The SMILES string of the molecule is COc1cc2ncnc(Nc3ccc(F)c(Cl)c3)c2cc1NC(=O)/C=C/CN1CCC(CN2CC3CCC2CN3c2ccc3c(c2)C(=O)N(C2CCC(=O)NC2=O)C3=O)CC1. The molecule has 5 amide bonds. The monoisotopic (exact) mass is 849 g/mol. The molecule has 10 rings (SSSR count). The Morgan fingerprint density at radius 1 is 0.951 bits per heavy atom. The number of halogens is 2. The number of fused-ring (bicyclic) bond motifs is 5. The van der Waals surface area contributed by atoms with Crippen LogP contribution in [0.15, 0.2) is 67.0 Å². The maximum absolute atomic E-state index is 13.7. The number of carbonyl (C=O) groups is 5. The first-order valence-corrected chi connectivity index (χ1v) is 21.0. The zero-order valence-corrected chi connectivity index (χ0v) is 34.3. The van der Waals surface area contributed by atoms with Gasteiger partial charge >= 0.3 is 0 Å². The Bertz CT molecular complexity index is 2480. The van der Waals surface area contributed by atoms with Crippen LogP contribution in [0.3, 0.4) is 0 Å². The molecule has 3 atom stereocenters. The van der Waals surface area contributed by atoms with E-state index in [9.17, 15) is 28.4 Å². The molecule has 316 valence electrons. The molecular formula is C44H45ClFN9O6. The van der Waals surface area contributed by atoms with Gasteiger partial charge in [-0.3, -0.25) is 44.0 Å². The van der Waals surface area contributed by atoms with Crippen molar-refractivity contribution in [2.24, 2.45) is 5.92 Å². The van der Waals surface area contributed by atoms with Crippen LogP contribution >= 0.6 is 11.6 Å². The molecule has 0 aliphatic carbocycles. The molecule has 7 heterocycles. The summed E-state index contributed by atoms with van der Waals surface area (Å²) >= 11 is 5.97. The number of hydrogen-bond donors (Lipinski definition) is 3. The molecule has 6 aliphatic heterocycles. The van der Waals surface area contributed by atoms with Crippen LogP contribution in [0.4, 0.5) is 27.3 Å². The van der Waals surface area contributed by atoms with Crippen molar-refractivity contribution in [3.63, 3.8) is 0 Å². The lowest BCUT2D eigenvalue weighted by atomic mass is 9.87. The molecule has 0 spiro atoms. The average Bonchev–Trinajstić information content (AvgIpc) is 3.50. The van der Waals surface area contributed by atoms with E-state index in [0.717, 1.165) is 69.0 Å². The van der Waals surface area contributed by atoms with Crippen LogP contribution in [-0.4, -0.2) is 119 Å². The van der Waals surface area contributed by atoms with E-state index in [1.807, 2.05) is 12.1 Å². The molecule has 0 radical (unpaired) electrons. The van der Waals surface area contributed by atoms with Crippen molar-refractivity contribution < 1.29 is 33.1 Å². The molecule has 3 unspecified atom stereocenters. The lowest BCUT2D eigenvalue weighted by Crippen LogP contribution is -2.63. The number of hydrogen-bond acceptors (Lipinski definition) is 12. The number of aromatic nitrogens is 2. The minimum Gasteiger partial charge on any atom is -0.494 e. The number of amides is 5. The van der Waals surface area contributed by atoms with Crippen LogP contribution in [0.5, 0.6) is 5.75 Å². The van der Waals surface area contributed by atoms with Crippen molar-refractivity contribution in [3.05, 3.63) is 89.0 Å². The zero-order valence-electron chi connectivity index (χ0n) is 33.5. The lowest BCUT2D eigenvalue weighted by molar-refractivity contribution is -0.136. The van der Waals surface area contributed by atoms with E-state index in [1.54, 1.807) is 30.3 Å². The molecule has 3 aromatic carbocycles. The first kappa shape index (κ1) is 40.4. The molecule has 5 saturated heterocycles. The van der Waals surface area contributed by atoms with E-state index >= 15 is 0 Å². The van der Waals surface area contributed by atoms with Crippen molar-refractivity contribution in [1.82, 2.24) is 30.0 Å². The summed E-state index contributed by atoms with van der Waals surface area (Å²) in [4.78, 5) is 81.1. The Kier molecular flexibility index (Phi) is 11.2. The lowest BCUT2D eigenvalue weighted by Gasteiger charge is -2.53. The smallest absolute Gasteiger partial charge is 0.262 e. The third kappa shape index (κ3) is 8.14. The highest BCUT2D eigenvalue weighted by molar-refractivity contribution is 6.31. The highest BCUT2D eigenvalue weighted by Gasteiger charge is 2.46. The van der Waals surface area contributed by atoms with Gasteiger partial charge in [0.15, 0.2) is 0 Å². The van der Waals surface area contributed by atoms with Gasteiger partial charge in [-0.1, -0.05) is 17.7 Å². The molecular weight excluding hydrogens is 805 g/mol. The van der Waals surface area contributed by atoms with Gasteiger partial charge in [-0.25, -0.2) is 14.4 Å². The van der Waals surface area contributed by atoms with Crippen LogP contribution in [0, 0.1) is 11.7 Å². The minimum atomic E-state index is -0.983. The van der Waals surface area contributed by atoms with E-state index in [4.69, 9.17) is 16.3 Å². The van der Waals surface area contributed by atoms with E-state index in [-0.39, 0.29) is 23.8 Å². The normalized spacial score (nSPS) is 22.3. The van der Waals surface area contributed by atoms with Gasteiger partial charge in [-0.15, -0.1) is 0 Å². The summed E-state index contributed by atoms with van der Waals surface area (Å²) < 4.78 is 19.3. The second-order valence-electron chi connectivity index (χ2n) is 16.3. The molecule has 6 aliphatic rings. The fraction of sp³-hybridized carbons (Fsp3) is 0.386. The van der Waals surface area contributed by atoms with Crippen LogP contribution in [0.1, 0.15) is 59.2 Å². The second kappa shape index (κ2) is 16.8. The molecule has 1 aromatic heterocycles. The number of carbonyl (C=O) groups excluding carboxylic acids is 5. The number of nitrogens with one attached hydrogen (secondary N) is 3. The number of benzene rings is 3. The Hall–Kier alpha value is -5.97. The van der Waals surface area contributed by atoms with Gasteiger partial charge in [0.2, 0.25) is 17.7 Å². The molecule has 3 N–H and O–H groups in total. The third-order valence-electron chi connectivity index (χ3n) is 12.6. The third-order valence-corrected chi connectivity index (χ3v) is 12.9. The standard InChI is InChI=1S/C44H45ClFN9O6/c1-61-38-20-35-32(41(48-24-47-35)49-26-4-9-34(46)33(45)17-26)19-36(38)50-39(56)3-2-14-52-15-12-25(13-16-52)21-53-22-29-6-5-28(53)23-54(29)27-7-8-30-31(18-27)44(60)55(43(30)59)37-10-11-40(57)51-42(37)58/h2-4,7-9,17-20,24-25,28-29,37H,5-6,10-16,21-23H2,1H3,(H,50,56)(H,47,48,49)(H,51,57,58)/b3-2+. The Labute approximate surface area is 356 Å².